The monoisotopic (exact) mass is 674 g/mol. The molecule has 53 heavy (non-hydrogen) atoms. The molecule has 10 rings (SSSR count). The second kappa shape index (κ2) is 12.4. The molecule has 0 aliphatic heterocycles. The first-order chi connectivity index (χ1) is 26.1. The van der Waals surface area contributed by atoms with Crippen LogP contribution in [0, 0.1) is 0 Å². The minimum atomic E-state index is 0.0625. The van der Waals surface area contributed by atoms with E-state index in [-0.39, 0.29) is 5.78 Å². The van der Waals surface area contributed by atoms with Crippen LogP contribution in [0.15, 0.2) is 188 Å². The van der Waals surface area contributed by atoms with E-state index in [1.54, 1.807) is 6.92 Å². The summed E-state index contributed by atoms with van der Waals surface area (Å²) in [5, 5.41) is 12.4. The summed E-state index contributed by atoms with van der Waals surface area (Å²) in [7, 11) is 0. The Kier molecular flexibility index (Phi) is 7.26. The highest BCUT2D eigenvalue weighted by molar-refractivity contribution is 6.25. The van der Waals surface area contributed by atoms with E-state index >= 15 is 0 Å². The molecule has 0 unspecified atom stereocenters. The van der Waals surface area contributed by atoms with Crippen molar-refractivity contribution in [2.24, 2.45) is 0 Å². The van der Waals surface area contributed by atoms with Gasteiger partial charge in [0.15, 0.2) is 5.78 Å². The highest BCUT2D eigenvalue weighted by Gasteiger charge is 2.16. The number of Topliss-reactive ketones (excluding diaryl/α,β-unsaturated/α-hetero) is 1. The average Bonchev–Trinajstić information content (AvgIpc) is 3.23. The number of carbonyl (C=O) groups excluding carboxylic acids is 1. The molecule has 10 aromatic carbocycles. The first-order valence-electron chi connectivity index (χ1n) is 18.2. The van der Waals surface area contributed by atoms with E-state index in [9.17, 15) is 4.79 Å². The van der Waals surface area contributed by atoms with E-state index in [2.05, 4.69) is 176 Å². The predicted octanol–water partition coefficient (Wildman–Crippen LogP) is 14.3. The first kappa shape index (κ1) is 30.9. The molecule has 0 fully saturated rings. The molecule has 0 atom stereocenters. The van der Waals surface area contributed by atoms with Crippen LogP contribution in [0.4, 0.5) is 0 Å². The summed E-state index contributed by atoms with van der Waals surface area (Å²) in [5.74, 6) is 0.0625. The van der Waals surface area contributed by atoms with Crippen molar-refractivity contribution >= 4 is 59.6 Å². The topological polar surface area (TPSA) is 17.1 Å². The third-order valence-electron chi connectivity index (χ3n) is 10.9. The van der Waals surface area contributed by atoms with Gasteiger partial charge in [-0.05, 0) is 130 Å². The molecule has 0 radical (unpaired) electrons. The van der Waals surface area contributed by atoms with E-state index < -0.39 is 0 Å². The van der Waals surface area contributed by atoms with Crippen molar-refractivity contribution in [3.8, 4) is 44.5 Å². The van der Waals surface area contributed by atoms with Crippen molar-refractivity contribution in [3.63, 3.8) is 0 Å². The highest BCUT2D eigenvalue weighted by atomic mass is 16.1. The molecule has 0 heterocycles. The van der Waals surface area contributed by atoms with Crippen LogP contribution in [-0.2, 0) is 0 Å². The van der Waals surface area contributed by atoms with Gasteiger partial charge in [0.1, 0.15) is 0 Å². The van der Waals surface area contributed by atoms with Crippen molar-refractivity contribution in [2.45, 2.75) is 6.92 Å². The summed E-state index contributed by atoms with van der Waals surface area (Å²) < 4.78 is 0. The fraction of sp³-hybridized carbons (Fsp3) is 0.0192. The van der Waals surface area contributed by atoms with Gasteiger partial charge in [0.05, 0.1) is 0 Å². The van der Waals surface area contributed by atoms with Gasteiger partial charge in [-0.1, -0.05) is 164 Å². The first-order valence-corrected chi connectivity index (χ1v) is 18.2. The van der Waals surface area contributed by atoms with Crippen LogP contribution >= 0.6 is 0 Å². The van der Waals surface area contributed by atoms with Crippen molar-refractivity contribution < 1.29 is 4.79 Å². The molecular weight excluding hydrogens is 641 g/mol. The number of hydrogen-bond donors (Lipinski definition) is 0. The summed E-state index contributed by atoms with van der Waals surface area (Å²) in [4.78, 5) is 12.9. The molecule has 0 aliphatic rings. The largest absolute Gasteiger partial charge is 0.294 e. The zero-order valence-electron chi connectivity index (χ0n) is 29.3. The fourth-order valence-corrected chi connectivity index (χ4v) is 8.35. The molecule has 0 aliphatic carbocycles. The molecule has 0 N–H and O–H groups in total. The molecule has 0 aromatic heterocycles. The maximum atomic E-state index is 12.9. The van der Waals surface area contributed by atoms with Crippen LogP contribution in [0.3, 0.4) is 0 Å². The van der Waals surface area contributed by atoms with Crippen LogP contribution in [0.25, 0.3) is 98.4 Å². The minimum Gasteiger partial charge on any atom is -0.294 e. The van der Waals surface area contributed by atoms with Gasteiger partial charge in [-0.3, -0.25) is 4.79 Å². The SMILES string of the molecule is CC(=O)c1ccc(-c2ccccc2)cc1-c1cccc2c1ccc1ccc(-c3cccc(-c4ccc5c6ccccc6c6ccccc6c5c4)c3)cc12. The maximum absolute atomic E-state index is 12.9. The molecule has 0 spiro atoms. The summed E-state index contributed by atoms with van der Waals surface area (Å²) in [6.45, 7) is 1.66. The normalized spacial score (nSPS) is 11.6. The third-order valence-corrected chi connectivity index (χ3v) is 10.9. The van der Waals surface area contributed by atoms with Crippen LogP contribution in [-0.4, -0.2) is 5.78 Å². The van der Waals surface area contributed by atoms with E-state index in [0.29, 0.717) is 0 Å². The molecule has 248 valence electrons. The quantitative estimate of drug-likeness (QED) is 0.131. The standard InChI is InChI=1S/C52H34O/c1-33(53)41-26-24-38(34-11-3-2-4-12-34)31-51(41)47-20-10-19-45-48(47)27-23-35-21-22-39(30-50(35)45)36-13-9-14-37(29-36)40-25-28-49-44-17-6-5-15-42(44)43-16-7-8-18-46(43)52(49)32-40/h2-32H,1H3. The molecule has 0 amide bonds. The van der Waals surface area contributed by atoms with Gasteiger partial charge in [-0.25, -0.2) is 0 Å². The Bertz CT molecular complexity index is 3040. The highest BCUT2D eigenvalue weighted by Crippen LogP contribution is 2.40. The van der Waals surface area contributed by atoms with E-state index in [1.807, 2.05) is 12.1 Å². The molecule has 0 saturated carbocycles. The Morgan fingerprint density at radius 1 is 0.302 bits per heavy atom. The van der Waals surface area contributed by atoms with Crippen LogP contribution in [0.1, 0.15) is 17.3 Å². The van der Waals surface area contributed by atoms with Gasteiger partial charge in [0.2, 0.25) is 0 Å². The number of rotatable bonds is 5. The van der Waals surface area contributed by atoms with E-state index in [1.165, 1.54) is 70.7 Å². The third kappa shape index (κ3) is 5.21. The van der Waals surface area contributed by atoms with E-state index in [4.69, 9.17) is 0 Å². The van der Waals surface area contributed by atoms with Crippen molar-refractivity contribution in [1.82, 2.24) is 0 Å². The lowest BCUT2D eigenvalue weighted by molar-refractivity contribution is 0.101. The molecular formula is C52H34O. The zero-order chi connectivity index (χ0) is 35.5. The number of benzene rings is 10. The Balaban J connectivity index is 1.10. The zero-order valence-corrected chi connectivity index (χ0v) is 29.3. The second-order valence-electron chi connectivity index (χ2n) is 14.0. The van der Waals surface area contributed by atoms with Crippen LogP contribution in [0.2, 0.25) is 0 Å². The number of hydrogen-bond acceptors (Lipinski definition) is 1. The lowest BCUT2D eigenvalue weighted by Crippen LogP contribution is -1.97. The van der Waals surface area contributed by atoms with Gasteiger partial charge >= 0.3 is 0 Å². The van der Waals surface area contributed by atoms with Crippen molar-refractivity contribution in [3.05, 3.63) is 194 Å². The van der Waals surface area contributed by atoms with Gasteiger partial charge in [-0.2, -0.15) is 0 Å². The van der Waals surface area contributed by atoms with Crippen molar-refractivity contribution in [1.29, 1.82) is 0 Å². The fourth-order valence-electron chi connectivity index (χ4n) is 8.35. The smallest absolute Gasteiger partial charge is 0.160 e. The molecule has 1 nitrogen and oxygen atoms in total. The number of fused-ring (bicyclic) bond motifs is 9. The summed E-state index contributed by atoms with van der Waals surface area (Å²) in [6.07, 6.45) is 0. The Morgan fingerprint density at radius 3 is 1.45 bits per heavy atom. The summed E-state index contributed by atoms with van der Waals surface area (Å²) in [5.41, 5.74) is 9.73. The summed E-state index contributed by atoms with van der Waals surface area (Å²) >= 11 is 0. The predicted molar refractivity (Wildman–Crippen MR) is 226 cm³/mol. The van der Waals surface area contributed by atoms with Crippen molar-refractivity contribution in [2.75, 3.05) is 0 Å². The van der Waals surface area contributed by atoms with Gasteiger partial charge in [0.25, 0.3) is 0 Å². The lowest BCUT2D eigenvalue weighted by atomic mass is 9.88. The Labute approximate surface area is 308 Å². The van der Waals surface area contributed by atoms with Crippen LogP contribution in [0.5, 0.6) is 0 Å². The van der Waals surface area contributed by atoms with Crippen LogP contribution < -0.4 is 0 Å². The summed E-state index contributed by atoms with van der Waals surface area (Å²) in [6, 6.07) is 67.6. The molecule has 0 saturated heterocycles. The molecule has 0 bridgehead atoms. The second-order valence-corrected chi connectivity index (χ2v) is 14.0. The molecule has 10 aromatic rings. The van der Waals surface area contributed by atoms with Gasteiger partial charge in [0, 0.05) is 5.56 Å². The van der Waals surface area contributed by atoms with Gasteiger partial charge < -0.3 is 0 Å². The van der Waals surface area contributed by atoms with E-state index in [0.717, 1.165) is 33.2 Å². The number of ketones is 1. The lowest BCUT2D eigenvalue weighted by Gasteiger charge is -2.15. The Morgan fingerprint density at radius 2 is 0.755 bits per heavy atom. The minimum absolute atomic E-state index is 0.0625. The van der Waals surface area contributed by atoms with Gasteiger partial charge in [-0.15, -0.1) is 0 Å². The Hall–Kier alpha value is -6.83. The average molecular weight is 675 g/mol. The molecule has 1 heteroatoms. The number of carbonyl (C=O) groups is 1. The maximum Gasteiger partial charge on any atom is 0.160 e.